The molecule has 0 amide bonds. The molecule has 0 N–H and O–H groups in total. The Labute approximate surface area is 667 Å². The van der Waals surface area contributed by atoms with Crippen LogP contribution in [0.3, 0.4) is 0 Å². The van der Waals surface area contributed by atoms with Crippen molar-refractivity contribution in [3.05, 3.63) is 36.5 Å². The lowest BCUT2D eigenvalue weighted by Gasteiger charge is -2.18. The second-order valence-corrected chi connectivity index (χ2v) is 32.1. The highest BCUT2D eigenvalue weighted by atomic mass is 16.6. The molecule has 0 aromatic rings. The quantitative estimate of drug-likeness (QED) is 0.0246. The molecule has 0 saturated carbocycles. The Morgan fingerprint density at radius 1 is 0.176 bits per heavy atom. The van der Waals surface area contributed by atoms with E-state index in [0.29, 0.717) is 38.5 Å². The van der Waals surface area contributed by atoms with Gasteiger partial charge in [0.25, 0.3) is 0 Å². The molecule has 2 unspecified atom stereocenters. The molecule has 2 atom stereocenters. The molecule has 12 nitrogen and oxygen atoms in total. The van der Waals surface area contributed by atoms with E-state index in [1.165, 1.54) is 257 Å². The molecule has 12 heteroatoms. The van der Waals surface area contributed by atoms with Gasteiger partial charge in [-0.3, -0.25) is 28.8 Å². The van der Waals surface area contributed by atoms with Crippen LogP contribution in [0.2, 0.25) is 0 Å². The summed E-state index contributed by atoms with van der Waals surface area (Å²) >= 11 is 0. The number of ether oxygens (including phenoxy) is 6. The van der Waals surface area contributed by atoms with Gasteiger partial charge in [-0.1, -0.05) is 385 Å². The number of rotatable bonds is 88. The maximum Gasteiger partial charge on any atom is 0.306 e. The molecule has 0 aliphatic carbocycles. The van der Waals surface area contributed by atoms with Crippen LogP contribution >= 0.6 is 0 Å². The van der Waals surface area contributed by atoms with Crippen molar-refractivity contribution in [2.45, 2.75) is 515 Å². The average Bonchev–Trinajstić information content (AvgIpc) is 0.954. The summed E-state index contributed by atoms with van der Waals surface area (Å²) in [5, 5.41) is 0. The minimum Gasteiger partial charge on any atom is -0.462 e. The van der Waals surface area contributed by atoms with Gasteiger partial charge in [-0.15, -0.1) is 0 Å². The highest BCUT2D eigenvalue weighted by molar-refractivity contribution is 5.72. The summed E-state index contributed by atoms with van der Waals surface area (Å²) in [7, 11) is 0. The highest BCUT2D eigenvalue weighted by Crippen LogP contribution is 2.20. The second-order valence-electron chi connectivity index (χ2n) is 32.1. The zero-order chi connectivity index (χ0) is 78.3. The van der Waals surface area contributed by atoms with Gasteiger partial charge in [0.15, 0.2) is 12.2 Å². The lowest BCUT2D eigenvalue weighted by atomic mass is 10.0. The summed E-state index contributed by atoms with van der Waals surface area (Å²) in [5.41, 5.74) is 0. The van der Waals surface area contributed by atoms with Crippen molar-refractivity contribution in [2.75, 3.05) is 26.4 Å². The fourth-order valence-corrected chi connectivity index (χ4v) is 14.1. The molecule has 0 spiro atoms. The first-order valence-corrected chi connectivity index (χ1v) is 47.1. The average molecular weight is 1520 g/mol. The van der Waals surface area contributed by atoms with Crippen LogP contribution in [0.5, 0.6) is 0 Å². The molecule has 0 aliphatic heterocycles. The topological polar surface area (TPSA) is 158 Å². The van der Waals surface area contributed by atoms with E-state index < -0.39 is 12.2 Å². The maximum atomic E-state index is 13.1. The minimum absolute atomic E-state index is 0.111. The normalized spacial score (nSPS) is 12.2. The fourth-order valence-electron chi connectivity index (χ4n) is 14.1. The first-order valence-electron chi connectivity index (χ1n) is 47.1. The Balaban J connectivity index is 4.73. The summed E-state index contributed by atoms with van der Waals surface area (Å²) in [6.07, 6.45) is 94.6. The van der Waals surface area contributed by atoms with Crippen LogP contribution in [0.25, 0.3) is 0 Å². The van der Waals surface area contributed by atoms with Gasteiger partial charge in [-0.2, -0.15) is 0 Å². The molecular weight excluding hydrogens is 1350 g/mol. The number of allylic oxidation sites excluding steroid dienone is 6. The number of hydrogen-bond acceptors (Lipinski definition) is 12. The van der Waals surface area contributed by atoms with Crippen LogP contribution in [0.4, 0.5) is 0 Å². The van der Waals surface area contributed by atoms with E-state index >= 15 is 0 Å². The van der Waals surface area contributed by atoms with Crippen molar-refractivity contribution in [1.82, 2.24) is 0 Å². The lowest BCUT2D eigenvalue weighted by Crippen LogP contribution is -2.30. The molecule has 0 bridgehead atoms. The van der Waals surface area contributed by atoms with Crippen LogP contribution in [-0.2, 0) is 57.2 Å². The standard InChI is InChI=1S/C96H176O12/c1-5-9-13-17-21-25-29-33-37-43-49-55-61-67-73-79-91(97)103-85-89(86-104-92(98)80-74-68-62-56-50-44-38-34-30-26-22-18-14-10-6-2)107-95(101)83-77-71-65-59-53-47-41-42-48-54-60-66-72-78-84-96(102)108-90(87-105-93(99)81-75-69-63-57-51-45-39-35-31-27-23-19-15-11-7-3)88-106-94(100)82-76-70-64-58-52-46-40-36-32-28-24-20-16-12-8-4/h33,35,37,39,41-42,89-90H,5-32,34,36,38,40,43-88H2,1-4H3/b37-33-,39-35-,42-41?. The van der Waals surface area contributed by atoms with Crippen LogP contribution < -0.4 is 0 Å². The van der Waals surface area contributed by atoms with Gasteiger partial charge in [-0.05, 0) is 116 Å². The van der Waals surface area contributed by atoms with E-state index in [9.17, 15) is 28.8 Å². The highest BCUT2D eigenvalue weighted by Gasteiger charge is 2.22. The Bertz CT molecular complexity index is 1890. The SMILES string of the molecule is CCCCCCCC/C=C\CCCCCCCC(=O)OCC(COC(=O)CCCCCCCCCCCCCCCCC)OC(=O)CCCCCCCC=CCCCCCCCC(=O)OC(COC(=O)CCCCCCC/C=C\CCCCCCCC)COC(=O)CCCCCCCCCCCCCCCCC. The first-order chi connectivity index (χ1) is 53.1. The van der Waals surface area contributed by atoms with E-state index in [1.807, 2.05) is 0 Å². The van der Waals surface area contributed by atoms with Crippen LogP contribution in [0.15, 0.2) is 36.5 Å². The summed E-state index contributed by atoms with van der Waals surface area (Å²) < 4.78 is 34.0. The van der Waals surface area contributed by atoms with Crippen molar-refractivity contribution < 1.29 is 57.2 Å². The largest absolute Gasteiger partial charge is 0.462 e. The fraction of sp³-hybridized carbons (Fsp3) is 0.875. The molecule has 632 valence electrons. The molecule has 0 saturated heterocycles. The molecule has 0 aromatic carbocycles. The van der Waals surface area contributed by atoms with Crippen molar-refractivity contribution in [1.29, 1.82) is 0 Å². The van der Waals surface area contributed by atoms with Gasteiger partial charge in [0, 0.05) is 38.5 Å². The van der Waals surface area contributed by atoms with Crippen LogP contribution in [0, 0.1) is 0 Å². The van der Waals surface area contributed by atoms with Gasteiger partial charge in [0.05, 0.1) is 0 Å². The van der Waals surface area contributed by atoms with Crippen molar-refractivity contribution >= 4 is 35.8 Å². The predicted octanol–water partition coefficient (Wildman–Crippen LogP) is 29.6. The predicted molar refractivity (Wildman–Crippen MR) is 455 cm³/mol. The van der Waals surface area contributed by atoms with E-state index in [-0.39, 0.29) is 75.1 Å². The molecule has 108 heavy (non-hydrogen) atoms. The summed E-state index contributed by atoms with van der Waals surface area (Å²) in [6, 6.07) is 0. The van der Waals surface area contributed by atoms with E-state index in [1.54, 1.807) is 0 Å². The molecular formula is C96H176O12. The smallest absolute Gasteiger partial charge is 0.306 e. The van der Waals surface area contributed by atoms with E-state index in [4.69, 9.17) is 28.4 Å². The van der Waals surface area contributed by atoms with Crippen LogP contribution in [0.1, 0.15) is 503 Å². The van der Waals surface area contributed by atoms with Gasteiger partial charge in [0.1, 0.15) is 26.4 Å². The van der Waals surface area contributed by atoms with Gasteiger partial charge >= 0.3 is 35.8 Å². The zero-order valence-electron chi connectivity index (χ0n) is 71.7. The van der Waals surface area contributed by atoms with Gasteiger partial charge < -0.3 is 28.4 Å². The molecule has 0 fully saturated rings. The minimum atomic E-state index is -0.824. The lowest BCUT2D eigenvalue weighted by molar-refractivity contribution is -0.167. The maximum absolute atomic E-state index is 13.1. The van der Waals surface area contributed by atoms with E-state index in [0.717, 1.165) is 167 Å². The number of carbonyl (C=O) groups is 6. The van der Waals surface area contributed by atoms with Gasteiger partial charge in [-0.25, -0.2) is 0 Å². The van der Waals surface area contributed by atoms with Crippen molar-refractivity contribution in [3.8, 4) is 0 Å². The van der Waals surface area contributed by atoms with E-state index in [2.05, 4.69) is 64.2 Å². The summed E-state index contributed by atoms with van der Waals surface area (Å²) in [6.45, 7) is 8.61. The summed E-state index contributed by atoms with van der Waals surface area (Å²) in [5.74, 6) is -1.93. The molecule has 0 radical (unpaired) electrons. The van der Waals surface area contributed by atoms with Gasteiger partial charge in [0.2, 0.25) is 0 Å². The Morgan fingerprint density at radius 3 is 0.463 bits per heavy atom. The molecule has 0 rings (SSSR count). The Morgan fingerprint density at radius 2 is 0.306 bits per heavy atom. The number of carbonyl (C=O) groups excluding carboxylic acids is 6. The third-order valence-corrected chi connectivity index (χ3v) is 21.2. The summed E-state index contributed by atoms with van der Waals surface area (Å²) in [4.78, 5) is 77.4. The second kappa shape index (κ2) is 88.6. The van der Waals surface area contributed by atoms with Crippen LogP contribution in [-0.4, -0.2) is 74.5 Å². The monoisotopic (exact) mass is 1520 g/mol. The molecule has 0 heterocycles. The number of esters is 6. The molecule has 0 aromatic heterocycles. The zero-order valence-corrected chi connectivity index (χ0v) is 71.7. The first kappa shape index (κ1) is 104. The van der Waals surface area contributed by atoms with Crippen molar-refractivity contribution in [2.24, 2.45) is 0 Å². The van der Waals surface area contributed by atoms with Crippen molar-refractivity contribution in [3.63, 3.8) is 0 Å². The Kier molecular flexibility index (Phi) is 85.4. The number of hydrogen-bond donors (Lipinski definition) is 0. The Hall–Kier alpha value is -3.96. The number of unbranched alkanes of at least 4 members (excludes halogenated alkanes) is 60. The third-order valence-electron chi connectivity index (χ3n) is 21.2. The molecule has 0 aliphatic rings. The third kappa shape index (κ3) is 84.5.